The van der Waals surface area contributed by atoms with Gasteiger partial charge in [-0.05, 0) is 57.7 Å². The molecule has 41 heavy (non-hydrogen) atoms. The number of nitrogens with one attached hydrogen (secondary N) is 3. The first-order valence-corrected chi connectivity index (χ1v) is 15.6. The predicted molar refractivity (Wildman–Crippen MR) is 162 cm³/mol. The van der Waals surface area contributed by atoms with Crippen molar-refractivity contribution in [2.24, 2.45) is 11.3 Å². The Balaban J connectivity index is 3.34. The maximum atomic E-state index is 13.6. The van der Waals surface area contributed by atoms with Crippen molar-refractivity contribution in [3.05, 3.63) is 35.9 Å². The van der Waals surface area contributed by atoms with E-state index in [1.54, 1.807) is 32.8 Å². The second kappa shape index (κ2) is 15.9. The number of hydrogen-bond donors (Lipinski definition) is 5. The highest BCUT2D eigenvalue weighted by Gasteiger charge is 2.37. The number of carbonyl (C=O) groups is 2. The molecule has 3 unspecified atom stereocenters. The van der Waals surface area contributed by atoms with Crippen molar-refractivity contribution in [3.8, 4) is 0 Å². The summed E-state index contributed by atoms with van der Waals surface area (Å²) in [6.45, 7) is 12.2. The number of aliphatic hydroxyl groups is 2. The van der Waals surface area contributed by atoms with Gasteiger partial charge in [0.25, 0.3) is 10.2 Å². The van der Waals surface area contributed by atoms with E-state index < -0.39 is 51.9 Å². The third-order valence-electron chi connectivity index (χ3n) is 6.47. The zero-order valence-corrected chi connectivity index (χ0v) is 27.1. The number of aliphatic hydroxyl groups excluding tert-OH is 2. The fourth-order valence-electron chi connectivity index (χ4n) is 4.08. The van der Waals surface area contributed by atoms with Gasteiger partial charge in [-0.15, -0.1) is 0 Å². The average Bonchev–Trinajstić information content (AvgIpc) is 2.83. The zero-order valence-electron chi connectivity index (χ0n) is 26.3. The Kier molecular flexibility index (Phi) is 14.4. The summed E-state index contributed by atoms with van der Waals surface area (Å²) in [4.78, 5) is 27.9. The molecule has 236 valence electrons. The molecule has 11 nitrogen and oxygen atoms in total. The monoisotopic (exact) mass is 599 g/mol. The van der Waals surface area contributed by atoms with Crippen molar-refractivity contribution in [2.45, 2.75) is 85.0 Å². The molecule has 1 aromatic rings. The van der Waals surface area contributed by atoms with Gasteiger partial charge in [0.1, 0.15) is 6.04 Å². The third-order valence-corrected chi connectivity index (χ3v) is 8.29. The van der Waals surface area contributed by atoms with Crippen LogP contribution in [0.3, 0.4) is 0 Å². The van der Waals surface area contributed by atoms with Gasteiger partial charge < -0.3 is 25.7 Å². The molecule has 0 aliphatic rings. The molecule has 0 aliphatic heterocycles. The minimum absolute atomic E-state index is 0.107. The number of rotatable bonds is 17. The molecule has 1 aromatic carbocycles. The number of carbonyl (C=O) groups excluding carboxylic acids is 2. The molecule has 0 saturated carbocycles. The minimum atomic E-state index is -4.10. The van der Waals surface area contributed by atoms with Gasteiger partial charge in [-0.25, -0.2) is 0 Å². The normalized spacial score (nSPS) is 15.2. The van der Waals surface area contributed by atoms with E-state index in [9.17, 15) is 28.2 Å². The number of amides is 2. The Morgan fingerprint density at radius 1 is 1.00 bits per heavy atom. The molecule has 0 aliphatic carbocycles. The first-order chi connectivity index (χ1) is 18.8. The second-order valence-electron chi connectivity index (χ2n) is 13.2. The largest absolute Gasteiger partial charge is 0.394 e. The van der Waals surface area contributed by atoms with Crippen LogP contribution in [-0.4, -0.2) is 104 Å². The number of likely N-dealkylation sites (N-methyl/N-ethyl adjacent to an activating group) is 1. The van der Waals surface area contributed by atoms with E-state index >= 15 is 0 Å². The van der Waals surface area contributed by atoms with Crippen molar-refractivity contribution in [2.75, 3.05) is 40.3 Å². The van der Waals surface area contributed by atoms with Crippen LogP contribution >= 0.6 is 0 Å². The highest BCUT2D eigenvalue weighted by atomic mass is 32.2. The minimum Gasteiger partial charge on any atom is -0.394 e. The van der Waals surface area contributed by atoms with Crippen LogP contribution in [0.15, 0.2) is 30.3 Å². The summed E-state index contributed by atoms with van der Waals surface area (Å²) in [6.07, 6.45) is -0.491. The summed E-state index contributed by atoms with van der Waals surface area (Å²) in [5.74, 6) is -0.580. The van der Waals surface area contributed by atoms with Gasteiger partial charge in [-0.1, -0.05) is 65.0 Å². The standard InChI is InChI=1S/C29H53N5O6S/c1-21(2)15-16-34(41(39,40)32-29(6,7)20-35)18-24(36)23(17-22-13-11-10-12-14-22)30-27(38)26(28(3,4)5)31-25(37)19-33(8)9/h10-14,21,23-24,26,32,35-36H,15-20H2,1-9H3,(H,30,38)(H,31,37). The lowest BCUT2D eigenvalue weighted by Gasteiger charge is -2.35. The molecule has 2 amide bonds. The van der Waals surface area contributed by atoms with Crippen molar-refractivity contribution in [3.63, 3.8) is 0 Å². The predicted octanol–water partition coefficient (Wildman–Crippen LogP) is 1.12. The molecule has 0 aromatic heterocycles. The van der Waals surface area contributed by atoms with Gasteiger partial charge in [-0.2, -0.15) is 17.4 Å². The van der Waals surface area contributed by atoms with Crippen LogP contribution in [0.1, 0.15) is 60.5 Å². The quantitative estimate of drug-likeness (QED) is 0.180. The van der Waals surface area contributed by atoms with E-state index in [4.69, 9.17) is 0 Å². The van der Waals surface area contributed by atoms with E-state index in [1.807, 2.05) is 65.0 Å². The van der Waals surface area contributed by atoms with Crippen LogP contribution in [0.25, 0.3) is 0 Å². The third kappa shape index (κ3) is 13.6. The topological polar surface area (TPSA) is 151 Å². The Morgan fingerprint density at radius 2 is 1.59 bits per heavy atom. The lowest BCUT2D eigenvalue weighted by molar-refractivity contribution is -0.132. The van der Waals surface area contributed by atoms with Gasteiger partial charge in [0.2, 0.25) is 11.8 Å². The Hall–Kier alpha value is -2.09. The lowest BCUT2D eigenvalue weighted by atomic mass is 9.85. The van der Waals surface area contributed by atoms with Crippen molar-refractivity contribution < 1.29 is 28.2 Å². The molecule has 0 saturated heterocycles. The van der Waals surface area contributed by atoms with E-state index in [0.717, 1.165) is 5.56 Å². The molecule has 0 fully saturated rings. The number of nitrogens with zero attached hydrogens (tertiary/aromatic N) is 2. The smallest absolute Gasteiger partial charge is 0.280 e. The molecule has 0 spiro atoms. The van der Waals surface area contributed by atoms with Gasteiger partial charge in [0.05, 0.1) is 30.8 Å². The van der Waals surface area contributed by atoms with Gasteiger partial charge in [0.15, 0.2) is 0 Å². The Labute approximate surface area is 247 Å². The van der Waals surface area contributed by atoms with E-state index in [1.165, 1.54) is 4.31 Å². The van der Waals surface area contributed by atoms with Gasteiger partial charge in [-0.3, -0.25) is 9.59 Å². The van der Waals surface area contributed by atoms with Crippen molar-refractivity contribution >= 4 is 22.0 Å². The first-order valence-electron chi connectivity index (χ1n) is 14.1. The van der Waals surface area contributed by atoms with Crippen molar-refractivity contribution in [1.82, 2.24) is 24.6 Å². The number of benzene rings is 1. The zero-order chi connectivity index (χ0) is 31.6. The molecule has 0 bridgehead atoms. The van der Waals surface area contributed by atoms with Crippen LogP contribution in [0.2, 0.25) is 0 Å². The summed E-state index contributed by atoms with van der Waals surface area (Å²) in [5, 5.41) is 26.8. The van der Waals surface area contributed by atoms with E-state index in [0.29, 0.717) is 6.42 Å². The van der Waals surface area contributed by atoms with Crippen molar-refractivity contribution in [1.29, 1.82) is 0 Å². The van der Waals surface area contributed by atoms with Crippen LogP contribution in [0, 0.1) is 11.3 Å². The maximum Gasteiger partial charge on any atom is 0.280 e. The SMILES string of the molecule is CC(C)CCN(CC(O)C(Cc1ccccc1)NC(=O)C(NC(=O)CN(C)C)C(C)(C)C)S(=O)(=O)NC(C)(C)CO. The molecular formula is C29H53N5O6S. The summed E-state index contributed by atoms with van der Waals surface area (Å²) in [7, 11) is -0.581. The highest BCUT2D eigenvalue weighted by Crippen LogP contribution is 2.21. The average molecular weight is 600 g/mol. The van der Waals surface area contributed by atoms with Gasteiger partial charge in [0, 0.05) is 13.1 Å². The molecular weight excluding hydrogens is 546 g/mol. The van der Waals surface area contributed by atoms with Crippen LogP contribution in [0.4, 0.5) is 0 Å². The molecule has 0 heterocycles. The highest BCUT2D eigenvalue weighted by molar-refractivity contribution is 7.87. The molecule has 3 atom stereocenters. The first kappa shape index (κ1) is 36.9. The summed E-state index contributed by atoms with van der Waals surface area (Å²) < 4.78 is 30.4. The van der Waals surface area contributed by atoms with Crippen LogP contribution in [-0.2, 0) is 26.2 Å². The fourth-order valence-corrected chi connectivity index (χ4v) is 5.67. The maximum absolute atomic E-state index is 13.6. The van der Waals surface area contributed by atoms with E-state index in [-0.39, 0.29) is 37.9 Å². The molecule has 12 heteroatoms. The second-order valence-corrected chi connectivity index (χ2v) is 14.8. The van der Waals surface area contributed by atoms with E-state index in [2.05, 4.69) is 15.4 Å². The molecule has 1 rings (SSSR count). The lowest BCUT2D eigenvalue weighted by Crippen LogP contribution is -2.60. The summed E-state index contributed by atoms with van der Waals surface area (Å²) >= 11 is 0. The Bertz CT molecular complexity index is 1060. The number of hydrogen-bond acceptors (Lipinski definition) is 7. The molecule has 0 radical (unpaired) electrons. The van der Waals surface area contributed by atoms with Crippen LogP contribution in [0.5, 0.6) is 0 Å². The molecule has 5 N–H and O–H groups in total. The van der Waals surface area contributed by atoms with Gasteiger partial charge >= 0.3 is 0 Å². The summed E-state index contributed by atoms with van der Waals surface area (Å²) in [5.41, 5.74) is -0.903. The Morgan fingerprint density at radius 3 is 2.07 bits per heavy atom. The summed E-state index contributed by atoms with van der Waals surface area (Å²) in [6, 6.07) is 7.53. The van der Waals surface area contributed by atoms with Crippen LogP contribution < -0.4 is 15.4 Å². The fraction of sp³-hybridized carbons (Fsp3) is 0.724.